The van der Waals surface area contributed by atoms with Crippen LogP contribution in [0.2, 0.25) is 5.02 Å². The highest BCUT2D eigenvalue weighted by Gasteiger charge is 2.10. The van der Waals surface area contributed by atoms with Crippen molar-refractivity contribution in [2.24, 2.45) is 0 Å². The maximum Gasteiger partial charge on any atom is 0.339 e. The SMILES string of the molecule is CNCC=Cc1ccc(Cl)c(C(=O)OC)c1. The van der Waals surface area contributed by atoms with Gasteiger partial charge in [-0.1, -0.05) is 29.8 Å². The molecule has 0 radical (unpaired) electrons. The minimum Gasteiger partial charge on any atom is -0.465 e. The van der Waals surface area contributed by atoms with Crippen molar-refractivity contribution in [3.8, 4) is 0 Å². The van der Waals surface area contributed by atoms with Gasteiger partial charge in [0.25, 0.3) is 0 Å². The molecule has 0 heterocycles. The number of hydrogen-bond acceptors (Lipinski definition) is 3. The number of nitrogens with one attached hydrogen (secondary N) is 1. The number of halogens is 1. The van der Waals surface area contributed by atoms with E-state index in [0.29, 0.717) is 10.6 Å². The van der Waals surface area contributed by atoms with Crippen molar-refractivity contribution in [2.45, 2.75) is 0 Å². The molecular formula is C12H14ClNO2. The Kier molecular flexibility index (Phi) is 5.02. The van der Waals surface area contributed by atoms with Gasteiger partial charge in [-0.3, -0.25) is 0 Å². The van der Waals surface area contributed by atoms with Crippen LogP contribution in [0.1, 0.15) is 15.9 Å². The largest absolute Gasteiger partial charge is 0.465 e. The quantitative estimate of drug-likeness (QED) is 0.820. The summed E-state index contributed by atoms with van der Waals surface area (Å²) in [7, 11) is 3.20. The van der Waals surface area contributed by atoms with Gasteiger partial charge in [-0.05, 0) is 24.7 Å². The summed E-state index contributed by atoms with van der Waals surface area (Å²) in [6.45, 7) is 0.774. The predicted molar refractivity (Wildman–Crippen MR) is 65.8 cm³/mol. The molecule has 0 amide bonds. The Morgan fingerprint density at radius 3 is 2.94 bits per heavy atom. The minimum absolute atomic E-state index is 0.385. The number of esters is 1. The first-order chi connectivity index (χ1) is 7.69. The molecule has 0 aliphatic rings. The topological polar surface area (TPSA) is 38.3 Å². The molecule has 1 rings (SSSR count). The molecule has 0 atom stereocenters. The van der Waals surface area contributed by atoms with Crippen molar-refractivity contribution in [2.75, 3.05) is 20.7 Å². The summed E-state index contributed by atoms with van der Waals surface area (Å²) in [6, 6.07) is 5.24. The standard InChI is InChI=1S/C12H14ClNO2/c1-14-7-3-4-9-5-6-11(13)10(8-9)12(15)16-2/h3-6,8,14H,7H2,1-2H3. The monoisotopic (exact) mass is 239 g/mol. The molecule has 1 N–H and O–H groups in total. The van der Waals surface area contributed by atoms with Gasteiger partial charge in [0.2, 0.25) is 0 Å². The summed E-state index contributed by atoms with van der Waals surface area (Å²) in [5.41, 5.74) is 1.30. The summed E-state index contributed by atoms with van der Waals surface area (Å²) in [4.78, 5) is 11.4. The van der Waals surface area contributed by atoms with Gasteiger partial charge < -0.3 is 10.1 Å². The van der Waals surface area contributed by atoms with E-state index in [-0.39, 0.29) is 0 Å². The highest BCUT2D eigenvalue weighted by molar-refractivity contribution is 6.33. The Morgan fingerprint density at radius 1 is 1.56 bits per heavy atom. The van der Waals surface area contributed by atoms with Crippen LogP contribution in [0.4, 0.5) is 0 Å². The number of ether oxygens (including phenoxy) is 1. The van der Waals surface area contributed by atoms with Gasteiger partial charge >= 0.3 is 5.97 Å². The van der Waals surface area contributed by atoms with E-state index in [4.69, 9.17) is 11.6 Å². The summed E-state index contributed by atoms with van der Waals surface area (Å²) < 4.78 is 4.64. The van der Waals surface area contributed by atoms with Gasteiger partial charge in [-0.2, -0.15) is 0 Å². The molecule has 86 valence electrons. The second-order valence-corrected chi connectivity index (χ2v) is 3.60. The van der Waals surface area contributed by atoms with Crippen LogP contribution in [-0.2, 0) is 4.74 Å². The van der Waals surface area contributed by atoms with Gasteiger partial charge in [0, 0.05) is 6.54 Å². The third-order valence-electron chi connectivity index (χ3n) is 2.03. The lowest BCUT2D eigenvalue weighted by Gasteiger charge is -2.03. The van der Waals surface area contributed by atoms with E-state index in [0.717, 1.165) is 12.1 Å². The molecule has 0 unspecified atom stereocenters. The fourth-order valence-corrected chi connectivity index (χ4v) is 1.42. The first kappa shape index (κ1) is 12.7. The maximum atomic E-state index is 11.4. The molecule has 0 saturated carbocycles. The minimum atomic E-state index is -0.422. The van der Waals surface area contributed by atoms with Crippen molar-refractivity contribution in [3.63, 3.8) is 0 Å². The molecule has 4 heteroatoms. The summed E-state index contributed by atoms with van der Waals surface area (Å²) in [5.74, 6) is -0.422. The van der Waals surface area contributed by atoms with Crippen LogP contribution in [0.5, 0.6) is 0 Å². The van der Waals surface area contributed by atoms with Crippen LogP contribution < -0.4 is 5.32 Å². The molecule has 0 aliphatic heterocycles. The summed E-state index contributed by atoms with van der Waals surface area (Å²) in [5, 5.41) is 3.39. The molecule has 0 fully saturated rings. The molecule has 1 aromatic carbocycles. The van der Waals surface area contributed by atoms with Crippen molar-refractivity contribution in [1.29, 1.82) is 0 Å². The highest BCUT2D eigenvalue weighted by Crippen LogP contribution is 2.19. The van der Waals surface area contributed by atoms with E-state index in [2.05, 4.69) is 10.1 Å². The Labute approximate surface area is 100 Å². The van der Waals surface area contributed by atoms with Gasteiger partial charge in [-0.25, -0.2) is 4.79 Å². The number of hydrogen-bond donors (Lipinski definition) is 1. The average molecular weight is 240 g/mol. The number of benzene rings is 1. The van der Waals surface area contributed by atoms with Gasteiger partial charge in [0.05, 0.1) is 17.7 Å². The van der Waals surface area contributed by atoms with Crippen LogP contribution in [0.3, 0.4) is 0 Å². The average Bonchev–Trinajstić information content (AvgIpc) is 2.30. The Morgan fingerprint density at radius 2 is 2.31 bits per heavy atom. The zero-order chi connectivity index (χ0) is 12.0. The van der Waals surface area contributed by atoms with Crippen LogP contribution in [-0.4, -0.2) is 26.7 Å². The van der Waals surface area contributed by atoms with E-state index in [1.807, 2.05) is 25.3 Å². The van der Waals surface area contributed by atoms with Gasteiger partial charge in [0.15, 0.2) is 0 Å². The zero-order valence-corrected chi connectivity index (χ0v) is 10.0. The number of rotatable bonds is 4. The molecule has 0 bridgehead atoms. The first-order valence-corrected chi connectivity index (χ1v) is 5.26. The smallest absolute Gasteiger partial charge is 0.339 e. The summed E-state index contributed by atoms with van der Waals surface area (Å²) >= 11 is 5.89. The third-order valence-corrected chi connectivity index (χ3v) is 2.36. The lowest BCUT2D eigenvalue weighted by Crippen LogP contribution is -2.04. The molecular weight excluding hydrogens is 226 g/mol. The van der Waals surface area contributed by atoms with Crippen molar-refractivity contribution in [3.05, 3.63) is 40.4 Å². The fourth-order valence-electron chi connectivity index (χ4n) is 1.23. The summed E-state index contributed by atoms with van der Waals surface area (Å²) in [6.07, 6.45) is 3.88. The molecule has 16 heavy (non-hydrogen) atoms. The number of methoxy groups -OCH3 is 1. The van der Waals surface area contributed by atoms with Gasteiger partial charge in [-0.15, -0.1) is 0 Å². The van der Waals surface area contributed by atoms with E-state index in [1.165, 1.54) is 7.11 Å². The molecule has 3 nitrogen and oxygen atoms in total. The predicted octanol–water partition coefficient (Wildman–Crippen LogP) is 2.36. The molecule has 0 aromatic heterocycles. The molecule has 1 aromatic rings. The van der Waals surface area contributed by atoms with Crippen LogP contribution in [0.25, 0.3) is 6.08 Å². The number of likely N-dealkylation sites (N-methyl/N-ethyl adjacent to an activating group) is 1. The Balaban J connectivity index is 2.93. The lowest BCUT2D eigenvalue weighted by atomic mass is 10.1. The lowest BCUT2D eigenvalue weighted by molar-refractivity contribution is 0.0601. The normalized spacial score (nSPS) is 10.7. The van der Waals surface area contributed by atoms with Crippen molar-refractivity contribution < 1.29 is 9.53 Å². The third kappa shape index (κ3) is 3.36. The van der Waals surface area contributed by atoms with E-state index in [1.54, 1.807) is 12.1 Å². The molecule has 0 saturated heterocycles. The number of carbonyl (C=O) groups is 1. The molecule has 0 spiro atoms. The van der Waals surface area contributed by atoms with Crippen LogP contribution in [0, 0.1) is 0 Å². The Bertz CT molecular complexity index is 402. The second-order valence-electron chi connectivity index (χ2n) is 3.19. The van der Waals surface area contributed by atoms with E-state index in [9.17, 15) is 4.79 Å². The second kappa shape index (κ2) is 6.30. The van der Waals surface area contributed by atoms with E-state index >= 15 is 0 Å². The van der Waals surface area contributed by atoms with Crippen molar-refractivity contribution in [1.82, 2.24) is 5.32 Å². The maximum absolute atomic E-state index is 11.4. The fraction of sp³-hybridized carbons (Fsp3) is 0.250. The zero-order valence-electron chi connectivity index (χ0n) is 9.29. The number of carbonyl (C=O) groups excluding carboxylic acids is 1. The highest BCUT2D eigenvalue weighted by atomic mass is 35.5. The van der Waals surface area contributed by atoms with E-state index < -0.39 is 5.97 Å². The van der Waals surface area contributed by atoms with Crippen LogP contribution >= 0.6 is 11.6 Å². The van der Waals surface area contributed by atoms with Crippen LogP contribution in [0.15, 0.2) is 24.3 Å². The first-order valence-electron chi connectivity index (χ1n) is 4.88. The van der Waals surface area contributed by atoms with Gasteiger partial charge in [0.1, 0.15) is 0 Å². The Hall–Kier alpha value is -1.32. The molecule has 0 aliphatic carbocycles. The van der Waals surface area contributed by atoms with Crippen molar-refractivity contribution >= 4 is 23.6 Å².